The predicted molar refractivity (Wildman–Crippen MR) is 77.5 cm³/mol. The van der Waals surface area contributed by atoms with Crippen molar-refractivity contribution in [2.45, 2.75) is 51.1 Å². The lowest BCUT2D eigenvalue weighted by atomic mass is 9.86. The minimum atomic E-state index is -0.971. The Bertz CT molecular complexity index is 312. The van der Waals surface area contributed by atoms with Crippen molar-refractivity contribution >= 4 is 23.8 Å². The Morgan fingerprint density at radius 3 is 2.63 bits per heavy atom. The number of carboxylic acid groups (broad SMARTS) is 1. The first-order chi connectivity index (χ1) is 9.04. The Labute approximate surface area is 118 Å². The summed E-state index contributed by atoms with van der Waals surface area (Å²) < 4.78 is 0. The van der Waals surface area contributed by atoms with Gasteiger partial charge in [0.2, 0.25) is 0 Å². The Morgan fingerprint density at radius 1 is 1.37 bits per heavy atom. The van der Waals surface area contributed by atoms with Crippen molar-refractivity contribution in [1.29, 1.82) is 0 Å². The van der Waals surface area contributed by atoms with E-state index in [0.29, 0.717) is 12.3 Å². The van der Waals surface area contributed by atoms with E-state index in [1.165, 1.54) is 6.42 Å². The van der Waals surface area contributed by atoms with E-state index < -0.39 is 12.0 Å². The van der Waals surface area contributed by atoms with Gasteiger partial charge in [0.1, 0.15) is 6.04 Å². The Kier molecular flexibility index (Phi) is 7.05. The van der Waals surface area contributed by atoms with Gasteiger partial charge < -0.3 is 15.7 Å². The summed E-state index contributed by atoms with van der Waals surface area (Å²) in [6, 6.07) is -0.984. The van der Waals surface area contributed by atoms with Crippen molar-refractivity contribution in [3.63, 3.8) is 0 Å². The summed E-state index contributed by atoms with van der Waals surface area (Å²) >= 11 is 1.58. The molecule has 19 heavy (non-hydrogen) atoms. The van der Waals surface area contributed by atoms with Gasteiger partial charge in [0.15, 0.2) is 0 Å². The van der Waals surface area contributed by atoms with Gasteiger partial charge in [-0.1, -0.05) is 19.8 Å². The van der Waals surface area contributed by atoms with Crippen LogP contribution in [0.4, 0.5) is 4.79 Å². The fourth-order valence-corrected chi connectivity index (χ4v) is 2.86. The van der Waals surface area contributed by atoms with Crippen molar-refractivity contribution in [3.05, 3.63) is 0 Å². The highest BCUT2D eigenvalue weighted by atomic mass is 32.2. The maximum absolute atomic E-state index is 11.8. The van der Waals surface area contributed by atoms with E-state index in [2.05, 4.69) is 17.6 Å². The molecule has 0 spiro atoms. The lowest BCUT2D eigenvalue weighted by Gasteiger charge is -2.30. The maximum Gasteiger partial charge on any atom is 0.326 e. The standard InChI is InChI=1S/C13H24N2O3S/c1-9-5-3-4-6-10(9)14-13(18)15-11(12(16)17)7-8-19-2/h9-11H,3-8H2,1-2H3,(H,16,17)(H2,14,15,18)/t9-,10+,11+/m1/s1. The second-order valence-electron chi connectivity index (χ2n) is 5.16. The summed E-state index contributed by atoms with van der Waals surface area (Å²) in [4.78, 5) is 22.9. The number of carboxylic acids is 1. The zero-order chi connectivity index (χ0) is 14.3. The van der Waals surface area contributed by atoms with Crippen LogP contribution < -0.4 is 10.6 Å². The quantitative estimate of drug-likeness (QED) is 0.699. The van der Waals surface area contributed by atoms with E-state index in [0.717, 1.165) is 25.0 Å². The highest BCUT2D eigenvalue weighted by Gasteiger charge is 2.25. The number of carbonyl (C=O) groups excluding carboxylic acids is 1. The Hall–Kier alpha value is -0.910. The van der Waals surface area contributed by atoms with Gasteiger partial charge in [-0.15, -0.1) is 0 Å². The molecule has 0 unspecified atom stereocenters. The van der Waals surface area contributed by atoms with Crippen LogP contribution in [0.3, 0.4) is 0 Å². The summed E-state index contributed by atoms with van der Waals surface area (Å²) in [5.74, 6) is 0.215. The van der Waals surface area contributed by atoms with Crippen LogP contribution in [0.1, 0.15) is 39.0 Å². The molecule has 1 fully saturated rings. The van der Waals surface area contributed by atoms with Crippen LogP contribution in [0, 0.1) is 5.92 Å². The molecule has 1 saturated carbocycles. The fourth-order valence-electron chi connectivity index (χ4n) is 2.39. The van der Waals surface area contributed by atoms with Gasteiger partial charge in [0, 0.05) is 6.04 Å². The zero-order valence-electron chi connectivity index (χ0n) is 11.6. The Morgan fingerprint density at radius 2 is 2.05 bits per heavy atom. The number of amides is 2. The first-order valence-electron chi connectivity index (χ1n) is 6.83. The minimum Gasteiger partial charge on any atom is -0.480 e. The van der Waals surface area contributed by atoms with Crippen LogP contribution in [0.15, 0.2) is 0 Å². The third-order valence-electron chi connectivity index (χ3n) is 3.64. The molecule has 0 saturated heterocycles. The number of hydrogen-bond acceptors (Lipinski definition) is 3. The van der Waals surface area contributed by atoms with Crippen LogP contribution in [0.5, 0.6) is 0 Å². The molecule has 2 amide bonds. The second kappa shape index (κ2) is 8.30. The highest BCUT2D eigenvalue weighted by molar-refractivity contribution is 7.98. The summed E-state index contributed by atoms with van der Waals surface area (Å²) in [6.45, 7) is 2.13. The molecule has 0 aromatic rings. The molecule has 5 nitrogen and oxygen atoms in total. The van der Waals surface area contributed by atoms with Crippen LogP contribution in [-0.2, 0) is 4.79 Å². The monoisotopic (exact) mass is 288 g/mol. The van der Waals surface area contributed by atoms with Crippen molar-refractivity contribution in [2.75, 3.05) is 12.0 Å². The number of thioether (sulfide) groups is 1. The minimum absolute atomic E-state index is 0.170. The highest BCUT2D eigenvalue weighted by Crippen LogP contribution is 2.23. The largest absolute Gasteiger partial charge is 0.480 e. The smallest absolute Gasteiger partial charge is 0.326 e. The summed E-state index contributed by atoms with van der Waals surface area (Å²) in [6.07, 6.45) is 6.82. The molecule has 3 N–H and O–H groups in total. The lowest BCUT2D eigenvalue weighted by molar-refractivity contribution is -0.139. The fraction of sp³-hybridized carbons (Fsp3) is 0.846. The molecule has 0 bridgehead atoms. The average molecular weight is 288 g/mol. The Balaban J connectivity index is 2.40. The van der Waals surface area contributed by atoms with Gasteiger partial charge >= 0.3 is 12.0 Å². The first-order valence-corrected chi connectivity index (χ1v) is 8.22. The molecule has 0 aromatic heterocycles. The lowest BCUT2D eigenvalue weighted by Crippen LogP contribution is -2.51. The van der Waals surface area contributed by atoms with Crippen molar-refractivity contribution in [2.24, 2.45) is 5.92 Å². The van der Waals surface area contributed by atoms with E-state index in [9.17, 15) is 9.59 Å². The predicted octanol–water partition coefficient (Wildman–Crippen LogP) is 2.07. The topological polar surface area (TPSA) is 78.4 Å². The molecular formula is C13H24N2O3S. The molecule has 1 aliphatic rings. The molecule has 0 aromatic carbocycles. The maximum atomic E-state index is 11.8. The summed E-state index contributed by atoms with van der Waals surface area (Å²) in [7, 11) is 0. The van der Waals surface area contributed by atoms with Gasteiger partial charge in [0.05, 0.1) is 0 Å². The number of urea groups is 1. The third kappa shape index (κ3) is 5.72. The molecule has 6 heteroatoms. The van der Waals surface area contributed by atoms with Gasteiger partial charge in [-0.3, -0.25) is 0 Å². The van der Waals surface area contributed by atoms with Crippen molar-refractivity contribution in [1.82, 2.24) is 10.6 Å². The molecular weight excluding hydrogens is 264 g/mol. The van der Waals surface area contributed by atoms with Crippen LogP contribution >= 0.6 is 11.8 Å². The van der Waals surface area contributed by atoms with Gasteiger partial charge in [-0.25, -0.2) is 9.59 Å². The normalized spacial score (nSPS) is 24.5. The van der Waals surface area contributed by atoms with E-state index in [-0.39, 0.29) is 12.1 Å². The molecule has 110 valence electrons. The number of aliphatic carboxylic acids is 1. The average Bonchev–Trinajstić information content (AvgIpc) is 2.37. The zero-order valence-corrected chi connectivity index (χ0v) is 12.5. The third-order valence-corrected chi connectivity index (χ3v) is 4.29. The van der Waals surface area contributed by atoms with Crippen LogP contribution in [-0.4, -0.2) is 41.2 Å². The molecule has 0 heterocycles. The van der Waals surface area contributed by atoms with Crippen LogP contribution in [0.25, 0.3) is 0 Å². The van der Waals surface area contributed by atoms with Gasteiger partial charge in [-0.05, 0) is 37.2 Å². The van der Waals surface area contributed by atoms with Crippen molar-refractivity contribution < 1.29 is 14.7 Å². The molecule has 1 aliphatic carbocycles. The number of nitrogens with one attached hydrogen (secondary N) is 2. The van der Waals surface area contributed by atoms with Crippen molar-refractivity contribution in [3.8, 4) is 0 Å². The number of carbonyl (C=O) groups is 2. The van der Waals surface area contributed by atoms with Crippen LogP contribution in [0.2, 0.25) is 0 Å². The number of hydrogen-bond donors (Lipinski definition) is 3. The van der Waals surface area contributed by atoms with E-state index >= 15 is 0 Å². The van der Waals surface area contributed by atoms with E-state index in [1.54, 1.807) is 11.8 Å². The molecule has 0 aliphatic heterocycles. The number of rotatable bonds is 6. The first kappa shape index (κ1) is 16.1. The summed E-state index contributed by atoms with van der Waals surface area (Å²) in [5.41, 5.74) is 0. The SMILES string of the molecule is CSCC[C@H](NC(=O)N[C@H]1CCCC[C@H]1C)C(=O)O. The second-order valence-corrected chi connectivity index (χ2v) is 6.14. The van der Waals surface area contributed by atoms with Gasteiger partial charge in [0.25, 0.3) is 0 Å². The van der Waals surface area contributed by atoms with Gasteiger partial charge in [-0.2, -0.15) is 11.8 Å². The van der Waals surface area contributed by atoms with E-state index in [1.807, 2.05) is 6.26 Å². The van der Waals surface area contributed by atoms with E-state index in [4.69, 9.17) is 5.11 Å². The molecule has 1 rings (SSSR count). The molecule has 3 atom stereocenters. The summed E-state index contributed by atoms with van der Waals surface area (Å²) in [5, 5.41) is 14.5. The molecule has 0 radical (unpaired) electrons.